The molecule has 0 aliphatic heterocycles. The summed E-state index contributed by atoms with van der Waals surface area (Å²) in [5, 5.41) is 23.4. The molecular formula is C24H18F3N5O3. The van der Waals surface area contributed by atoms with E-state index in [0.717, 1.165) is 4.68 Å². The van der Waals surface area contributed by atoms with Crippen LogP contribution in [0.3, 0.4) is 0 Å². The quantitative estimate of drug-likeness (QED) is 0.361. The van der Waals surface area contributed by atoms with Crippen LogP contribution in [0.25, 0.3) is 44.9 Å². The monoisotopic (exact) mass is 481 g/mol. The molecule has 4 heterocycles. The first-order valence-electron chi connectivity index (χ1n) is 10.5. The fraction of sp³-hybridized carbons (Fsp3) is 0.167. The van der Waals surface area contributed by atoms with Gasteiger partial charge in [0.2, 0.25) is 5.71 Å². The number of halogens is 3. The third-order valence-corrected chi connectivity index (χ3v) is 5.39. The van der Waals surface area contributed by atoms with Crippen LogP contribution in [0.5, 0.6) is 0 Å². The van der Waals surface area contributed by atoms with E-state index in [4.69, 9.17) is 9.52 Å². The minimum Gasteiger partial charge on any atom is -0.438 e. The SMILES string of the molecule is OCc1ncccc1-c1cc2c(-c3cn(CC(F)(F)CO)nc3-c3ccc(F)cc3)ncnc2o1. The van der Waals surface area contributed by atoms with Crippen molar-refractivity contribution >= 4 is 11.1 Å². The summed E-state index contributed by atoms with van der Waals surface area (Å²) < 4.78 is 48.3. The molecule has 178 valence electrons. The van der Waals surface area contributed by atoms with Crippen molar-refractivity contribution < 1.29 is 27.8 Å². The van der Waals surface area contributed by atoms with Gasteiger partial charge in [0.1, 0.15) is 36.8 Å². The van der Waals surface area contributed by atoms with Crippen molar-refractivity contribution in [3.05, 3.63) is 72.7 Å². The lowest BCUT2D eigenvalue weighted by molar-refractivity contribution is -0.0651. The molecule has 4 aromatic heterocycles. The van der Waals surface area contributed by atoms with Gasteiger partial charge in [-0.1, -0.05) is 0 Å². The Morgan fingerprint density at radius 3 is 2.51 bits per heavy atom. The summed E-state index contributed by atoms with van der Waals surface area (Å²) >= 11 is 0. The summed E-state index contributed by atoms with van der Waals surface area (Å²) in [7, 11) is 0. The molecule has 0 saturated heterocycles. The number of fused-ring (bicyclic) bond motifs is 1. The molecule has 8 nitrogen and oxygen atoms in total. The minimum absolute atomic E-state index is 0.233. The van der Waals surface area contributed by atoms with Crippen LogP contribution in [0, 0.1) is 5.82 Å². The third kappa shape index (κ3) is 4.38. The van der Waals surface area contributed by atoms with Crippen LogP contribution >= 0.6 is 0 Å². The molecule has 2 N–H and O–H groups in total. The lowest BCUT2D eigenvalue weighted by Gasteiger charge is -2.12. The Morgan fingerprint density at radius 1 is 0.971 bits per heavy atom. The fourth-order valence-electron chi connectivity index (χ4n) is 3.77. The highest BCUT2D eigenvalue weighted by Crippen LogP contribution is 2.37. The van der Waals surface area contributed by atoms with Gasteiger partial charge in [0, 0.05) is 29.1 Å². The Morgan fingerprint density at radius 2 is 1.77 bits per heavy atom. The number of benzene rings is 1. The number of hydrogen-bond acceptors (Lipinski definition) is 7. The van der Waals surface area contributed by atoms with Crippen molar-refractivity contribution in [1.29, 1.82) is 0 Å². The van der Waals surface area contributed by atoms with Gasteiger partial charge < -0.3 is 14.6 Å². The van der Waals surface area contributed by atoms with E-state index in [1.807, 2.05) is 0 Å². The molecule has 0 bridgehead atoms. The molecule has 11 heteroatoms. The van der Waals surface area contributed by atoms with Crippen molar-refractivity contribution in [2.75, 3.05) is 6.61 Å². The number of alkyl halides is 2. The van der Waals surface area contributed by atoms with Gasteiger partial charge in [-0.05, 0) is 42.5 Å². The van der Waals surface area contributed by atoms with Gasteiger partial charge in [-0.3, -0.25) is 9.67 Å². The number of pyridine rings is 1. The van der Waals surface area contributed by atoms with E-state index < -0.39 is 24.9 Å². The number of rotatable bonds is 7. The summed E-state index contributed by atoms with van der Waals surface area (Å²) in [5.74, 6) is -3.46. The van der Waals surface area contributed by atoms with Gasteiger partial charge in [-0.15, -0.1) is 0 Å². The van der Waals surface area contributed by atoms with E-state index in [0.29, 0.717) is 44.9 Å². The maximum absolute atomic E-state index is 13.9. The van der Waals surface area contributed by atoms with E-state index in [9.17, 15) is 18.3 Å². The highest BCUT2D eigenvalue weighted by Gasteiger charge is 2.30. The molecule has 0 amide bonds. The van der Waals surface area contributed by atoms with Crippen LogP contribution in [-0.2, 0) is 13.2 Å². The van der Waals surface area contributed by atoms with Gasteiger partial charge in [0.25, 0.3) is 5.92 Å². The van der Waals surface area contributed by atoms with Crippen molar-refractivity contribution in [2.24, 2.45) is 0 Å². The number of furan rings is 1. The normalized spacial score (nSPS) is 11.9. The second-order valence-corrected chi connectivity index (χ2v) is 7.82. The van der Waals surface area contributed by atoms with Gasteiger partial charge in [0.15, 0.2) is 0 Å². The number of aliphatic hydroxyl groups is 2. The molecule has 35 heavy (non-hydrogen) atoms. The number of hydrogen-bond donors (Lipinski definition) is 2. The molecule has 0 spiro atoms. The van der Waals surface area contributed by atoms with Gasteiger partial charge in [-0.25, -0.2) is 23.1 Å². The van der Waals surface area contributed by atoms with E-state index in [-0.39, 0.29) is 12.3 Å². The van der Waals surface area contributed by atoms with E-state index in [1.54, 1.807) is 24.4 Å². The predicted molar refractivity (Wildman–Crippen MR) is 120 cm³/mol. The summed E-state index contributed by atoms with van der Waals surface area (Å²) in [6, 6.07) is 10.6. The van der Waals surface area contributed by atoms with Crippen LogP contribution < -0.4 is 0 Å². The predicted octanol–water partition coefficient (Wildman–Crippen LogP) is 4.07. The Bertz CT molecular complexity index is 1500. The molecule has 0 saturated carbocycles. The molecule has 1 aromatic carbocycles. The number of aliphatic hydroxyl groups excluding tert-OH is 2. The van der Waals surface area contributed by atoms with Gasteiger partial charge in [-0.2, -0.15) is 5.10 Å². The van der Waals surface area contributed by atoms with Gasteiger partial charge in [0.05, 0.1) is 23.4 Å². The van der Waals surface area contributed by atoms with Crippen LogP contribution in [0.2, 0.25) is 0 Å². The highest BCUT2D eigenvalue weighted by molar-refractivity contribution is 5.96. The first-order chi connectivity index (χ1) is 16.9. The standard InChI is InChI=1S/C24H18F3N5O3/c25-15-5-3-14(4-6-15)21-18(9-32(31-21)11-24(26,27)12-34)22-17-8-20(35-23(17)30-13-29-22)16-2-1-7-28-19(16)10-33/h1-9,13,33-34H,10-12H2. The largest absolute Gasteiger partial charge is 0.438 e. The first-order valence-corrected chi connectivity index (χ1v) is 10.5. The second-order valence-electron chi connectivity index (χ2n) is 7.82. The van der Waals surface area contributed by atoms with Crippen molar-refractivity contribution in [3.8, 4) is 33.8 Å². The Labute approximate surface area is 196 Å². The molecular weight excluding hydrogens is 463 g/mol. The molecule has 0 unspecified atom stereocenters. The zero-order valence-corrected chi connectivity index (χ0v) is 18.1. The average molecular weight is 481 g/mol. The van der Waals surface area contributed by atoms with Crippen molar-refractivity contribution in [3.63, 3.8) is 0 Å². The lowest BCUT2D eigenvalue weighted by atomic mass is 10.0. The average Bonchev–Trinajstić information content (AvgIpc) is 3.48. The number of aromatic nitrogens is 5. The maximum atomic E-state index is 13.9. The molecule has 5 aromatic rings. The van der Waals surface area contributed by atoms with Crippen LogP contribution in [-0.4, -0.2) is 47.5 Å². The topological polar surface area (TPSA) is 110 Å². The lowest BCUT2D eigenvalue weighted by Crippen LogP contribution is -2.28. The zero-order chi connectivity index (χ0) is 24.6. The minimum atomic E-state index is -3.39. The summed E-state index contributed by atoms with van der Waals surface area (Å²) in [4.78, 5) is 12.7. The van der Waals surface area contributed by atoms with Crippen molar-refractivity contribution in [2.45, 2.75) is 19.1 Å². The van der Waals surface area contributed by atoms with Gasteiger partial charge >= 0.3 is 0 Å². The Hall–Kier alpha value is -4.09. The number of nitrogens with zero attached hydrogens (tertiary/aromatic N) is 5. The summed E-state index contributed by atoms with van der Waals surface area (Å²) in [6.45, 7) is -2.50. The maximum Gasteiger partial charge on any atom is 0.289 e. The van der Waals surface area contributed by atoms with Crippen LogP contribution in [0.4, 0.5) is 13.2 Å². The third-order valence-electron chi connectivity index (χ3n) is 5.39. The highest BCUT2D eigenvalue weighted by atomic mass is 19.3. The first kappa shape index (κ1) is 22.7. The second kappa shape index (κ2) is 8.93. The molecule has 5 rings (SSSR count). The summed E-state index contributed by atoms with van der Waals surface area (Å²) in [5.41, 5.74) is 2.73. The summed E-state index contributed by atoms with van der Waals surface area (Å²) in [6.07, 6.45) is 4.21. The van der Waals surface area contributed by atoms with E-state index in [2.05, 4.69) is 20.1 Å². The Balaban J connectivity index is 1.69. The van der Waals surface area contributed by atoms with Crippen molar-refractivity contribution in [1.82, 2.24) is 24.7 Å². The fourth-order valence-corrected chi connectivity index (χ4v) is 3.77. The van der Waals surface area contributed by atoms with E-state index >= 15 is 0 Å². The molecule has 0 aliphatic carbocycles. The molecule has 0 aliphatic rings. The Kier molecular flexibility index (Phi) is 5.79. The van der Waals surface area contributed by atoms with Crippen LogP contribution in [0.1, 0.15) is 5.69 Å². The van der Waals surface area contributed by atoms with E-state index in [1.165, 1.54) is 36.8 Å². The smallest absolute Gasteiger partial charge is 0.289 e. The molecule has 0 fully saturated rings. The zero-order valence-electron chi connectivity index (χ0n) is 18.1. The van der Waals surface area contributed by atoms with Crippen LogP contribution in [0.15, 0.2) is 65.6 Å². The molecule has 0 radical (unpaired) electrons. The molecule has 0 atom stereocenters.